The number of nitrogens with one attached hydrogen (secondary N) is 1. The van der Waals surface area contributed by atoms with Gasteiger partial charge >= 0.3 is 0 Å². The van der Waals surface area contributed by atoms with E-state index >= 15 is 0 Å². The lowest BCUT2D eigenvalue weighted by atomic mass is 9.61. The van der Waals surface area contributed by atoms with Gasteiger partial charge in [-0.15, -0.1) is 0 Å². The first kappa shape index (κ1) is 29.1. The maximum atomic E-state index is 6.59. The first-order chi connectivity index (χ1) is 25.7. The van der Waals surface area contributed by atoms with Crippen LogP contribution in [-0.2, 0) is 5.41 Å². The number of rotatable bonds is 5. The lowest BCUT2D eigenvalue weighted by Gasteiger charge is -2.43. The Kier molecular flexibility index (Phi) is 6.25. The van der Waals surface area contributed by atoms with Crippen LogP contribution in [0.3, 0.4) is 0 Å². The van der Waals surface area contributed by atoms with Crippen molar-refractivity contribution in [3.8, 4) is 11.5 Å². The molecular formula is C46H31N5O. The summed E-state index contributed by atoms with van der Waals surface area (Å²) in [6.45, 7) is 0. The van der Waals surface area contributed by atoms with E-state index in [2.05, 4.69) is 137 Å². The molecule has 6 aliphatic rings. The molecule has 0 radical (unpaired) electrons. The van der Waals surface area contributed by atoms with Gasteiger partial charge in [-0.3, -0.25) is 9.98 Å². The summed E-state index contributed by atoms with van der Waals surface area (Å²) in [4.78, 5) is 19.7. The van der Waals surface area contributed by atoms with E-state index in [0.29, 0.717) is 0 Å². The molecule has 0 amide bonds. The maximum Gasteiger partial charge on any atom is 0.169 e. The van der Waals surface area contributed by atoms with Gasteiger partial charge in [0, 0.05) is 57.6 Å². The van der Waals surface area contributed by atoms with Crippen LogP contribution in [0, 0.1) is 5.92 Å². The van der Waals surface area contributed by atoms with Crippen LogP contribution >= 0.6 is 0 Å². The van der Waals surface area contributed by atoms with Crippen molar-refractivity contribution < 1.29 is 4.74 Å². The number of aliphatic imine (C=N–C) groups is 4. The minimum atomic E-state index is -0.469. The van der Waals surface area contributed by atoms with Crippen molar-refractivity contribution in [1.29, 1.82) is 0 Å². The maximum absolute atomic E-state index is 6.59. The second-order valence-electron chi connectivity index (χ2n) is 13.8. The van der Waals surface area contributed by atoms with Crippen molar-refractivity contribution >= 4 is 35.5 Å². The average Bonchev–Trinajstić information content (AvgIpc) is 3.44. The van der Waals surface area contributed by atoms with Gasteiger partial charge in [-0.25, -0.2) is 9.98 Å². The van der Waals surface area contributed by atoms with Gasteiger partial charge in [0.15, 0.2) is 6.17 Å². The zero-order valence-electron chi connectivity index (χ0n) is 28.0. The first-order valence-electron chi connectivity index (χ1n) is 17.7. The molecule has 4 aliphatic heterocycles. The molecule has 11 rings (SSSR count). The van der Waals surface area contributed by atoms with Gasteiger partial charge in [-0.1, -0.05) is 109 Å². The Morgan fingerprint density at radius 2 is 1.13 bits per heavy atom. The molecule has 1 N–H and O–H groups in total. The van der Waals surface area contributed by atoms with Crippen LogP contribution in [0.15, 0.2) is 177 Å². The van der Waals surface area contributed by atoms with Crippen molar-refractivity contribution in [2.24, 2.45) is 25.9 Å². The van der Waals surface area contributed by atoms with E-state index < -0.39 is 11.6 Å². The Bertz CT molecular complexity index is 2510. The summed E-state index contributed by atoms with van der Waals surface area (Å²) in [5.41, 5.74) is 11.6. The van der Waals surface area contributed by atoms with E-state index in [1.54, 1.807) is 0 Å². The molecule has 1 spiro atoms. The summed E-state index contributed by atoms with van der Waals surface area (Å²) in [7, 11) is 0. The number of allylic oxidation sites excluding steroid dienone is 4. The Balaban J connectivity index is 1.09. The number of amidine groups is 2. The Morgan fingerprint density at radius 3 is 1.77 bits per heavy atom. The Hall–Kier alpha value is -6.66. The van der Waals surface area contributed by atoms with E-state index in [1.807, 2.05) is 42.8 Å². The van der Waals surface area contributed by atoms with Gasteiger partial charge in [0.25, 0.3) is 0 Å². The Morgan fingerprint density at radius 1 is 0.577 bits per heavy atom. The van der Waals surface area contributed by atoms with Crippen molar-refractivity contribution in [1.82, 2.24) is 5.32 Å². The predicted molar refractivity (Wildman–Crippen MR) is 209 cm³/mol. The van der Waals surface area contributed by atoms with Gasteiger partial charge in [-0.05, 0) is 59.2 Å². The number of benzene rings is 5. The lowest BCUT2D eigenvalue weighted by Crippen LogP contribution is -2.40. The largest absolute Gasteiger partial charge is 0.457 e. The minimum absolute atomic E-state index is 0.0711. The van der Waals surface area contributed by atoms with Crippen LogP contribution in [0.5, 0.6) is 11.5 Å². The van der Waals surface area contributed by atoms with Crippen LogP contribution < -0.4 is 10.1 Å². The molecule has 6 nitrogen and oxygen atoms in total. The fourth-order valence-corrected chi connectivity index (χ4v) is 8.76. The molecule has 0 saturated carbocycles. The molecule has 52 heavy (non-hydrogen) atoms. The smallest absolute Gasteiger partial charge is 0.169 e. The SMILES string of the molecule is C1=CC2c3ccccc3C3(c4ccccc4Oc4ccccc43)C2C=C1C1N=C(c2ccccc2)NC(c2cc(C3=CC=N3)cc(C3=CC=N3)c2)=N1. The van der Waals surface area contributed by atoms with Crippen LogP contribution in [-0.4, -0.2) is 30.3 Å². The van der Waals surface area contributed by atoms with Crippen LogP contribution in [0.25, 0.3) is 11.4 Å². The molecule has 0 fully saturated rings. The van der Waals surface area contributed by atoms with Crippen molar-refractivity contribution in [2.45, 2.75) is 17.5 Å². The van der Waals surface area contributed by atoms with Gasteiger partial charge < -0.3 is 10.1 Å². The highest BCUT2D eigenvalue weighted by atomic mass is 16.5. The third-order valence-electron chi connectivity index (χ3n) is 11.1. The molecule has 5 aromatic rings. The molecule has 0 bridgehead atoms. The molecule has 6 heteroatoms. The zero-order chi connectivity index (χ0) is 34.2. The number of hydrogen-bond donors (Lipinski definition) is 1. The van der Waals surface area contributed by atoms with Crippen molar-refractivity contribution in [2.75, 3.05) is 0 Å². The topological polar surface area (TPSA) is 70.7 Å². The molecule has 0 saturated heterocycles. The van der Waals surface area contributed by atoms with E-state index in [1.165, 1.54) is 22.3 Å². The highest BCUT2D eigenvalue weighted by Crippen LogP contribution is 2.64. The quantitative estimate of drug-likeness (QED) is 0.203. The van der Waals surface area contributed by atoms with E-state index in [4.69, 9.17) is 14.7 Å². The molecule has 4 heterocycles. The van der Waals surface area contributed by atoms with Crippen LogP contribution in [0.2, 0.25) is 0 Å². The lowest BCUT2D eigenvalue weighted by molar-refractivity contribution is 0.372. The first-order valence-corrected chi connectivity index (χ1v) is 17.7. The summed E-state index contributed by atoms with van der Waals surface area (Å²) >= 11 is 0. The molecule has 3 unspecified atom stereocenters. The number of ether oxygens (including phenoxy) is 1. The molecule has 0 aromatic heterocycles. The molecule has 2 aliphatic carbocycles. The van der Waals surface area contributed by atoms with Gasteiger partial charge in [-0.2, -0.15) is 0 Å². The molecule has 246 valence electrons. The van der Waals surface area contributed by atoms with E-state index in [-0.39, 0.29) is 11.8 Å². The van der Waals surface area contributed by atoms with Crippen LogP contribution in [0.4, 0.5) is 0 Å². The summed E-state index contributed by atoms with van der Waals surface area (Å²) in [6, 6.07) is 42.8. The van der Waals surface area contributed by atoms with Crippen molar-refractivity contribution in [3.63, 3.8) is 0 Å². The number of hydrogen-bond acceptors (Lipinski definition) is 6. The van der Waals surface area contributed by atoms with Gasteiger partial charge in [0.05, 0.1) is 16.8 Å². The second-order valence-corrected chi connectivity index (χ2v) is 13.8. The van der Waals surface area contributed by atoms with Gasteiger partial charge in [0.1, 0.15) is 23.2 Å². The third-order valence-corrected chi connectivity index (χ3v) is 11.1. The molecular weight excluding hydrogens is 639 g/mol. The number of nitrogens with zero attached hydrogens (tertiary/aromatic N) is 4. The Labute approximate surface area is 301 Å². The van der Waals surface area contributed by atoms with E-state index in [0.717, 1.165) is 62.4 Å². The second kappa shape index (κ2) is 11.2. The summed E-state index contributed by atoms with van der Waals surface area (Å²) < 4.78 is 6.59. The fourth-order valence-electron chi connectivity index (χ4n) is 8.76. The van der Waals surface area contributed by atoms with Crippen molar-refractivity contribution in [3.05, 3.63) is 202 Å². The normalized spacial score (nSPS) is 22.1. The van der Waals surface area contributed by atoms with E-state index in [9.17, 15) is 0 Å². The average molecular weight is 670 g/mol. The highest BCUT2D eigenvalue weighted by molar-refractivity contribution is 6.16. The van der Waals surface area contributed by atoms with Crippen LogP contribution in [0.1, 0.15) is 50.4 Å². The fraction of sp³-hybridized carbons (Fsp3) is 0.0870. The molecule has 5 aromatic carbocycles. The minimum Gasteiger partial charge on any atom is -0.457 e. The summed E-state index contributed by atoms with van der Waals surface area (Å²) in [5, 5.41) is 3.62. The predicted octanol–water partition coefficient (Wildman–Crippen LogP) is 9.01. The summed E-state index contributed by atoms with van der Waals surface area (Å²) in [5.74, 6) is 3.60. The summed E-state index contributed by atoms with van der Waals surface area (Å²) in [6.07, 6.45) is 14.3. The standard InChI is InChI=1S/C46H31N5O/c1-2-10-28(11-3-1)43-49-44(51-45(50-43)32-25-30(39-20-22-47-39)24-31(26-32)40-21-23-48-40)29-18-19-34-33-12-4-5-13-35(33)46(38(34)27-29)36-14-6-8-16-41(36)52-42-17-9-7-15-37(42)46/h1-27,34,38,44H,(H,49,50,51). The van der Waals surface area contributed by atoms with Gasteiger partial charge in [0.2, 0.25) is 0 Å². The highest BCUT2D eigenvalue weighted by Gasteiger charge is 2.57. The number of fused-ring (bicyclic) bond motifs is 9. The number of para-hydroxylation sites is 2. The third kappa shape index (κ3) is 4.24. The molecule has 3 atom stereocenters. The zero-order valence-corrected chi connectivity index (χ0v) is 28.0. The monoisotopic (exact) mass is 669 g/mol.